The Hall–Kier alpha value is -2.34. The maximum Gasteiger partial charge on any atom is 0.229 e. The van der Waals surface area contributed by atoms with E-state index in [1.165, 1.54) is 0 Å². The van der Waals surface area contributed by atoms with Crippen LogP contribution in [0.4, 0.5) is 5.95 Å². The van der Waals surface area contributed by atoms with Gasteiger partial charge in [-0.3, -0.25) is 0 Å². The van der Waals surface area contributed by atoms with Crippen molar-refractivity contribution in [2.45, 2.75) is 25.5 Å². The molecular weight excluding hydrogens is 294 g/mol. The van der Waals surface area contributed by atoms with Crippen LogP contribution in [0.5, 0.6) is 11.6 Å². The zero-order valence-electron chi connectivity index (χ0n) is 13.6. The van der Waals surface area contributed by atoms with Crippen molar-refractivity contribution >= 4 is 5.95 Å². The minimum Gasteiger partial charge on any atom is -0.497 e. The van der Waals surface area contributed by atoms with Gasteiger partial charge in [-0.25, -0.2) is 4.98 Å². The van der Waals surface area contributed by atoms with Gasteiger partial charge in [-0.15, -0.1) is 0 Å². The fourth-order valence-electron chi connectivity index (χ4n) is 2.96. The Labute approximate surface area is 135 Å². The number of anilines is 1. The largest absolute Gasteiger partial charge is 0.497 e. The van der Waals surface area contributed by atoms with Crippen molar-refractivity contribution in [1.82, 2.24) is 9.97 Å². The Morgan fingerprint density at radius 1 is 1.17 bits per heavy atom. The van der Waals surface area contributed by atoms with Gasteiger partial charge < -0.3 is 19.5 Å². The van der Waals surface area contributed by atoms with E-state index in [0.29, 0.717) is 24.8 Å². The maximum atomic E-state index is 10.2. The number of hydrogen-bond donors (Lipinski definition) is 1. The summed E-state index contributed by atoms with van der Waals surface area (Å²) >= 11 is 0. The number of aliphatic hydroxyl groups excluding tert-OH is 1. The minimum absolute atomic E-state index is 0.00612. The van der Waals surface area contributed by atoms with E-state index in [-0.39, 0.29) is 6.04 Å². The van der Waals surface area contributed by atoms with Gasteiger partial charge in [0.25, 0.3) is 0 Å². The second kappa shape index (κ2) is 6.42. The van der Waals surface area contributed by atoms with Gasteiger partial charge >= 0.3 is 0 Å². The molecule has 1 saturated heterocycles. The van der Waals surface area contributed by atoms with Crippen LogP contribution in [0, 0.1) is 6.92 Å². The predicted octanol–water partition coefficient (Wildman–Crippen LogP) is 2.11. The summed E-state index contributed by atoms with van der Waals surface area (Å²) < 4.78 is 10.5. The van der Waals surface area contributed by atoms with Crippen LogP contribution in [0.3, 0.4) is 0 Å². The number of methoxy groups -OCH3 is 2. The Balaban J connectivity index is 1.98. The summed E-state index contributed by atoms with van der Waals surface area (Å²) in [5.74, 6) is 1.90. The van der Waals surface area contributed by atoms with Crippen LogP contribution in [0.1, 0.15) is 23.7 Å². The highest BCUT2D eigenvalue weighted by Crippen LogP contribution is 2.36. The number of ether oxygens (including phenoxy) is 2. The summed E-state index contributed by atoms with van der Waals surface area (Å²) in [5, 5.41) is 10.2. The molecule has 2 heterocycles. The monoisotopic (exact) mass is 315 g/mol. The molecule has 0 bridgehead atoms. The van der Waals surface area contributed by atoms with E-state index >= 15 is 0 Å². The van der Waals surface area contributed by atoms with Crippen LogP contribution in [-0.2, 0) is 0 Å². The molecule has 2 unspecified atom stereocenters. The Kier molecular flexibility index (Phi) is 4.34. The van der Waals surface area contributed by atoms with Gasteiger partial charge in [-0.2, -0.15) is 4.98 Å². The highest BCUT2D eigenvalue weighted by atomic mass is 16.5. The molecule has 6 heteroatoms. The third-order valence-electron chi connectivity index (χ3n) is 4.04. The first kappa shape index (κ1) is 15.6. The summed E-state index contributed by atoms with van der Waals surface area (Å²) in [6, 6.07) is 9.68. The van der Waals surface area contributed by atoms with Crippen molar-refractivity contribution in [3.63, 3.8) is 0 Å². The number of aliphatic hydroxyl groups is 1. The molecule has 1 N–H and O–H groups in total. The smallest absolute Gasteiger partial charge is 0.229 e. The number of β-amino-alcohol motifs (C(OH)–C–C–N with tert-alkyl or cyclic N) is 1. The highest BCUT2D eigenvalue weighted by Gasteiger charge is 2.34. The van der Waals surface area contributed by atoms with Crippen molar-refractivity contribution in [1.29, 1.82) is 0 Å². The predicted molar refractivity (Wildman–Crippen MR) is 87.0 cm³/mol. The molecular formula is C17H21N3O3. The lowest BCUT2D eigenvalue weighted by molar-refractivity contribution is 0.194. The topological polar surface area (TPSA) is 67.7 Å². The second-order valence-electron chi connectivity index (χ2n) is 5.69. The molecule has 0 amide bonds. The third kappa shape index (κ3) is 3.22. The highest BCUT2D eigenvalue weighted by molar-refractivity contribution is 5.43. The van der Waals surface area contributed by atoms with Gasteiger partial charge in [0, 0.05) is 18.3 Å². The van der Waals surface area contributed by atoms with E-state index in [2.05, 4.69) is 9.97 Å². The molecule has 1 aliphatic rings. The van der Waals surface area contributed by atoms with Gasteiger partial charge in [-0.05, 0) is 31.0 Å². The zero-order chi connectivity index (χ0) is 16.4. The molecule has 0 saturated carbocycles. The van der Waals surface area contributed by atoms with Crippen LogP contribution in [-0.4, -0.2) is 41.9 Å². The van der Waals surface area contributed by atoms with Crippen molar-refractivity contribution < 1.29 is 14.6 Å². The van der Waals surface area contributed by atoms with Crippen molar-refractivity contribution in [3.05, 3.63) is 41.6 Å². The van der Waals surface area contributed by atoms with E-state index in [4.69, 9.17) is 9.47 Å². The molecule has 2 aromatic rings. The second-order valence-corrected chi connectivity index (χ2v) is 5.69. The van der Waals surface area contributed by atoms with E-state index < -0.39 is 6.10 Å². The first-order chi connectivity index (χ1) is 11.1. The van der Waals surface area contributed by atoms with E-state index in [1.807, 2.05) is 36.1 Å². The molecule has 1 aromatic carbocycles. The molecule has 1 aromatic heterocycles. The Morgan fingerprint density at radius 2 is 2.00 bits per heavy atom. The normalized spacial score (nSPS) is 20.6. The number of nitrogens with zero attached hydrogens (tertiary/aromatic N) is 3. The standard InChI is InChI=1S/C17H21N3O3/c1-11-7-16(23-3)19-17(18-11)20-10-13(21)9-15(20)12-5-4-6-14(8-12)22-2/h4-8,13,15,21H,9-10H2,1-3H3. The molecule has 1 fully saturated rings. The maximum absolute atomic E-state index is 10.2. The number of aromatic nitrogens is 2. The summed E-state index contributed by atoms with van der Waals surface area (Å²) in [4.78, 5) is 11.0. The van der Waals surface area contributed by atoms with Crippen LogP contribution in [0.15, 0.2) is 30.3 Å². The van der Waals surface area contributed by atoms with Crippen molar-refractivity contribution in [3.8, 4) is 11.6 Å². The number of benzene rings is 1. The molecule has 23 heavy (non-hydrogen) atoms. The van der Waals surface area contributed by atoms with Gasteiger partial charge in [-0.1, -0.05) is 12.1 Å². The molecule has 122 valence electrons. The van der Waals surface area contributed by atoms with E-state index in [0.717, 1.165) is 17.0 Å². The van der Waals surface area contributed by atoms with Crippen molar-refractivity contribution in [2.75, 3.05) is 25.7 Å². The lowest BCUT2D eigenvalue weighted by atomic mass is 10.0. The zero-order valence-corrected chi connectivity index (χ0v) is 13.6. The molecule has 0 spiro atoms. The van der Waals surface area contributed by atoms with Crippen LogP contribution < -0.4 is 14.4 Å². The number of rotatable bonds is 4. The summed E-state index contributed by atoms with van der Waals surface area (Å²) in [5.41, 5.74) is 1.91. The lowest BCUT2D eigenvalue weighted by Crippen LogP contribution is -2.26. The van der Waals surface area contributed by atoms with Gasteiger partial charge in [0.1, 0.15) is 5.75 Å². The molecule has 2 atom stereocenters. The molecule has 3 rings (SSSR count). The molecule has 0 radical (unpaired) electrons. The number of hydrogen-bond acceptors (Lipinski definition) is 6. The Bertz CT molecular complexity index is 693. The average Bonchev–Trinajstić information content (AvgIpc) is 2.96. The summed E-state index contributed by atoms with van der Waals surface area (Å²) in [6.07, 6.45) is 0.216. The summed E-state index contributed by atoms with van der Waals surface area (Å²) in [7, 11) is 3.23. The first-order valence-corrected chi connectivity index (χ1v) is 7.59. The quantitative estimate of drug-likeness (QED) is 0.932. The van der Waals surface area contributed by atoms with E-state index in [1.54, 1.807) is 20.3 Å². The van der Waals surface area contributed by atoms with Crippen LogP contribution >= 0.6 is 0 Å². The molecule has 0 aliphatic carbocycles. The van der Waals surface area contributed by atoms with Gasteiger partial charge in [0.2, 0.25) is 11.8 Å². The SMILES string of the molecule is COc1cccc(C2CC(O)CN2c2nc(C)cc(OC)n2)c1. The Morgan fingerprint density at radius 3 is 2.74 bits per heavy atom. The summed E-state index contributed by atoms with van der Waals surface area (Å²) in [6.45, 7) is 2.40. The fraction of sp³-hybridized carbons (Fsp3) is 0.412. The van der Waals surface area contributed by atoms with Crippen LogP contribution in [0.2, 0.25) is 0 Å². The fourth-order valence-corrected chi connectivity index (χ4v) is 2.96. The van der Waals surface area contributed by atoms with Crippen LogP contribution in [0.25, 0.3) is 0 Å². The first-order valence-electron chi connectivity index (χ1n) is 7.59. The lowest BCUT2D eigenvalue weighted by Gasteiger charge is -2.25. The molecule has 6 nitrogen and oxygen atoms in total. The minimum atomic E-state index is -0.415. The average molecular weight is 315 g/mol. The van der Waals surface area contributed by atoms with Gasteiger partial charge in [0.15, 0.2) is 0 Å². The third-order valence-corrected chi connectivity index (χ3v) is 4.04. The van der Waals surface area contributed by atoms with Gasteiger partial charge in [0.05, 0.1) is 26.4 Å². The number of aryl methyl sites for hydroxylation is 1. The van der Waals surface area contributed by atoms with E-state index in [9.17, 15) is 5.11 Å². The van der Waals surface area contributed by atoms with Crippen molar-refractivity contribution in [2.24, 2.45) is 0 Å². The molecule has 1 aliphatic heterocycles.